The zero-order chi connectivity index (χ0) is 36.0. The minimum absolute atomic E-state index is 0.0125. The van der Waals surface area contributed by atoms with Crippen LogP contribution < -0.4 is 5.32 Å². The summed E-state index contributed by atoms with van der Waals surface area (Å²) in [7, 11) is 2.01. The highest BCUT2D eigenvalue weighted by Gasteiger charge is 2.75. The zero-order valence-electron chi connectivity index (χ0n) is 30.7. The molecule has 3 N–H and O–H groups in total. The van der Waals surface area contributed by atoms with Crippen molar-refractivity contribution < 1.29 is 29.3 Å². The van der Waals surface area contributed by atoms with Gasteiger partial charge in [0.1, 0.15) is 6.61 Å². The van der Waals surface area contributed by atoms with Gasteiger partial charge in [-0.3, -0.25) is 9.59 Å². The van der Waals surface area contributed by atoms with E-state index in [9.17, 15) is 19.8 Å². The first-order chi connectivity index (χ1) is 24.6. The average molecular weight is 694 g/mol. The summed E-state index contributed by atoms with van der Waals surface area (Å²) in [6.07, 6.45) is 14.0. The van der Waals surface area contributed by atoms with Crippen molar-refractivity contribution in [1.29, 1.82) is 0 Å². The van der Waals surface area contributed by atoms with Gasteiger partial charge in [0.25, 0.3) is 0 Å². The van der Waals surface area contributed by atoms with Gasteiger partial charge in [-0.25, -0.2) is 0 Å². The minimum Gasteiger partial charge on any atom is -0.393 e. The third-order valence-electron chi connectivity index (χ3n) is 13.4. The highest BCUT2D eigenvalue weighted by molar-refractivity contribution is 6.01. The lowest BCUT2D eigenvalue weighted by atomic mass is 9.46. The Kier molecular flexibility index (Phi) is 10.2. The quantitative estimate of drug-likeness (QED) is 0.283. The molecule has 2 aromatic rings. The zero-order valence-corrected chi connectivity index (χ0v) is 30.7. The summed E-state index contributed by atoms with van der Waals surface area (Å²) < 4.78 is 12.7. The number of hydrogen-bond donors (Lipinski definition) is 3. The Bertz CT molecular complexity index is 1690. The Hall–Kier alpha value is -3.20. The summed E-state index contributed by atoms with van der Waals surface area (Å²) in [5, 5.41) is 24.6. The number of benzene rings is 2. The summed E-state index contributed by atoms with van der Waals surface area (Å²) in [5.74, 6) is 0.0274. The number of ether oxygens (including phenoxy) is 2. The molecule has 272 valence electrons. The van der Waals surface area contributed by atoms with E-state index in [1.54, 1.807) is 12.2 Å². The van der Waals surface area contributed by atoms with Gasteiger partial charge in [0.05, 0.1) is 12.2 Å². The summed E-state index contributed by atoms with van der Waals surface area (Å²) in [4.78, 5) is 25.2. The van der Waals surface area contributed by atoms with E-state index in [0.29, 0.717) is 19.3 Å². The smallest absolute Gasteiger partial charge is 0.193 e. The normalized spacial score (nSPS) is 35.8. The summed E-state index contributed by atoms with van der Waals surface area (Å²) >= 11 is 0. The predicted molar refractivity (Wildman–Crippen MR) is 199 cm³/mol. The van der Waals surface area contributed by atoms with Crippen molar-refractivity contribution in [1.82, 2.24) is 5.32 Å². The number of carbonyl (C=O) groups is 2. The third kappa shape index (κ3) is 5.94. The van der Waals surface area contributed by atoms with Crippen LogP contribution in [-0.4, -0.2) is 66.1 Å². The first-order valence-corrected chi connectivity index (χ1v) is 19.2. The van der Waals surface area contributed by atoms with E-state index in [0.717, 1.165) is 50.6 Å². The van der Waals surface area contributed by atoms with Crippen LogP contribution >= 0.6 is 0 Å². The van der Waals surface area contributed by atoms with Crippen molar-refractivity contribution in [3.05, 3.63) is 101 Å². The number of carbonyl (C=O) groups excluding carboxylic acids is 2. The van der Waals surface area contributed by atoms with Crippen molar-refractivity contribution in [3.8, 4) is 0 Å². The number of nitrogens with one attached hydrogen (secondary N) is 1. The molecule has 5 aliphatic carbocycles. The van der Waals surface area contributed by atoms with Gasteiger partial charge in [0.15, 0.2) is 23.5 Å². The van der Waals surface area contributed by atoms with Crippen molar-refractivity contribution in [2.75, 3.05) is 20.2 Å². The molecular formula is C44H55NO6. The molecular weight excluding hydrogens is 638 g/mol. The van der Waals surface area contributed by atoms with Crippen LogP contribution in [0.25, 0.3) is 5.57 Å². The largest absolute Gasteiger partial charge is 0.393 e. The Morgan fingerprint density at radius 3 is 2.37 bits per heavy atom. The molecule has 0 spiro atoms. The second-order valence-corrected chi connectivity index (χ2v) is 16.0. The number of aryl methyl sites for hydroxylation is 2. The van der Waals surface area contributed by atoms with Crippen LogP contribution in [0.2, 0.25) is 0 Å². The second kappa shape index (κ2) is 14.3. The third-order valence-corrected chi connectivity index (χ3v) is 13.4. The molecule has 3 saturated carbocycles. The van der Waals surface area contributed by atoms with Gasteiger partial charge in [0, 0.05) is 16.7 Å². The molecule has 0 amide bonds. The van der Waals surface area contributed by atoms with E-state index in [-0.39, 0.29) is 34.7 Å². The predicted octanol–water partition coefficient (Wildman–Crippen LogP) is 6.54. The molecule has 1 aliphatic heterocycles. The maximum Gasteiger partial charge on any atom is 0.193 e. The molecule has 0 radical (unpaired) electrons. The van der Waals surface area contributed by atoms with Crippen molar-refractivity contribution in [2.24, 2.45) is 28.6 Å². The van der Waals surface area contributed by atoms with E-state index in [1.807, 2.05) is 13.1 Å². The van der Waals surface area contributed by atoms with Crippen LogP contribution in [0.3, 0.4) is 0 Å². The fourth-order valence-corrected chi connectivity index (χ4v) is 11.1. The Morgan fingerprint density at radius 1 is 1.04 bits per heavy atom. The van der Waals surface area contributed by atoms with Gasteiger partial charge in [-0.2, -0.15) is 0 Å². The highest BCUT2D eigenvalue weighted by Crippen LogP contribution is 2.69. The van der Waals surface area contributed by atoms with Crippen molar-refractivity contribution >= 4 is 17.1 Å². The Labute approximate surface area is 303 Å². The molecule has 7 nitrogen and oxygen atoms in total. The highest BCUT2D eigenvalue weighted by atomic mass is 16.7. The average Bonchev–Trinajstić information content (AvgIpc) is 3.55. The topological polar surface area (TPSA) is 105 Å². The summed E-state index contributed by atoms with van der Waals surface area (Å²) in [5.41, 5.74) is 6.12. The van der Waals surface area contributed by atoms with Crippen LogP contribution in [0.5, 0.6) is 0 Å². The summed E-state index contributed by atoms with van der Waals surface area (Å²) in [6.45, 7) is 6.70. The molecule has 8 rings (SSSR count). The lowest BCUT2D eigenvalue weighted by molar-refractivity contribution is -0.200. The molecule has 2 aromatic carbocycles. The van der Waals surface area contributed by atoms with Crippen molar-refractivity contribution in [2.45, 2.75) is 103 Å². The minimum atomic E-state index is -1.20. The molecule has 0 aromatic heterocycles. The van der Waals surface area contributed by atoms with Gasteiger partial charge < -0.3 is 25.0 Å². The van der Waals surface area contributed by atoms with E-state index >= 15 is 0 Å². The second-order valence-electron chi connectivity index (χ2n) is 16.0. The molecule has 51 heavy (non-hydrogen) atoms. The molecule has 0 bridgehead atoms. The SMILES string of the molecule is CCCC1O[C@@H]2C[C@H]3[C@@H]4CCC5=CC(=O)C=C[C@]5(C)[C@H]4[C@@H](O)C[C@]3(C)[C@]2(C(=O)CO)O1.CNCCC=C1c2ccccc2CCc2ccccc21. The number of hydrogen-bond acceptors (Lipinski definition) is 7. The molecule has 1 unspecified atom stereocenters. The number of allylic oxidation sites excluding steroid dienone is 4. The number of aliphatic hydroxyl groups excluding tert-OH is 2. The van der Waals surface area contributed by atoms with Crippen molar-refractivity contribution in [3.63, 3.8) is 0 Å². The Morgan fingerprint density at radius 2 is 1.73 bits per heavy atom. The molecule has 1 heterocycles. The number of Topliss-reactive ketones (excluding diaryl/α,β-unsaturated/α-hetero) is 1. The maximum atomic E-state index is 13.2. The maximum absolute atomic E-state index is 13.2. The first kappa shape index (κ1) is 36.2. The van der Waals surface area contributed by atoms with E-state index in [4.69, 9.17) is 9.47 Å². The van der Waals surface area contributed by atoms with Crippen LogP contribution in [0.1, 0.15) is 88.0 Å². The van der Waals surface area contributed by atoms with Crippen LogP contribution in [0, 0.1) is 28.6 Å². The lowest BCUT2D eigenvalue weighted by Crippen LogP contribution is -2.63. The van der Waals surface area contributed by atoms with Crippen LogP contribution in [-0.2, 0) is 31.9 Å². The summed E-state index contributed by atoms with van der Waals surface area (Å²) in [6, 6.07) is 17.7. The van der Waals surface area contributed by atoms with Crippen LogP contribution in [0.4, 0.5) is 0 Å². The van der Waals surface area contributed by atoms with Gasteiger partial charge in [-0.1, -0.05) is 93.4 Å². The van der Waals surface area contributed by atoms with Gasteiger partial charge in [0.2, 0.25) is 0 Å². The fraction of sp³-hybridized carbons (Fsp3) is 0.545. The molecule has 1 saturated heterocycles. The molecule has 9 atom stereocenters. The van der Waals surface area contributed by atoms with E-state index < -0.39 is 36.1 Å². The van der Waals surface area contributed by atoms with E-state index in [2.05, 4.69) is 80.7 Å². The number of rotatable bonds is 7. The standard InChI is InChI=1S/C25H34O6.C19H21N/c1-4-5-21-30-20-11-17-16-7-6-14-10-15(27)8-9-23(14,2)22(16)18(28)12-24(17,3)25(20,31-21)19(29)13-26;1-20-14-6-11-19-17-9-4-2-7-15(17)12-13-16-8-3-5-10-18(16)19/h8-10,16-18,20-22,26,28H,4-7,11-13H2,1-3H3;2-5,7-11,20H,6,12-14H2,1H3/t16-,17-,18-,20+,21?,22+,23-,24-,25+;/m0./s1. The monoisotopic (exact) mass is 693 g/mol. The Balaban J connectivity index is 0.000000175. The van der Waals surface area contributed by atoms with Crippen LogP contribution in [0.15, 0.2) is 78.4 Å². The number of ketones is 2. The first-order valence-electron chi connectivity index (χ1n) is 19.2. The van der Waals surface area contributed by atoms with E-state index in [1.165, 1.54) is 27.8 Å². The number of fused-ring (bicyclic) bond motifs is 9. The van der Waals surface area contributed by atoms with Gasteiger partial charge >= 0.3 is 0 Å². The molecule has 7 heteroatoms. The van der Waals surface area contributed by atoms with Gasteiger partial charge in [-0.15, -0.1) is 0 Å². The molecule has 6 aliphatic rings. The fourth-order valence-electron chi connectivity index (χ4n) is 11.1. The lowest BCUT2D eigenvalue weighted by Gasteiger charge is -2.59. The molecule has 4 fully saturated rings. The number of aliphatic hydroxyl groups is 2. The van der Waals surface area contributed by atoms with Gasteiger partial charge in [-0.05, 0) is 117 Å².